The van der Waals surface area contributed by atoms with E-state index in [1.807, 2.05) is 0 Å². The Morgan fingerprint density at radius 1 is 1.00 bits per heavy atom. The number of rotatable bonds is 0. The third kappa shape index (κ3) is 9640. The van der Waals surface area contributed by atoms with Gasteiger partial charge in [-0.2, -0.15) is 0 Å². The Bertz CT molecular complexity index is 74.6. The first-order valence-corrected chi connectivity index (χ1v) is 3.03. The van der Waals surface area contributed by atoms with Gasteiger partial charge in [-0.05, 0) is 0 Å². The van der Waals surface area contributed by atoms with Crippen molar-refractivity contribution in [2.75, 3.05) is 0 Å². The highest BCUT2D eigenvalue weighted by Gasteiger charge is 2.00. The molecule has 52 valence electrons. The molecule has 4 radical (unpaired) electrons. The lowest BCUT2D eigenvalue weighted by atomic mass is 11.5. The standard InChI is InChI=1S/2CH3NS2.O/c2*2-1(3)4;/h2*(H3,2,3,4);/q;;+2/p-2. The Kier molecular flexibility index (Phi) is 19.7. The quantitative estimate of drug-likeness (QED) is 0.403. The molecule has 7 heteroatoms. The van der Waals surface area contributed by atoms with Crippen molar-refractivity contribution in [1.82, 2.24) is 0 Å². The van der Waals surface area contributed by atoms with Crippen molar-refractivity contribution in [3.63, 3.8) is 0 Å². The first-order valence-electron chi connectivity index (χ1n) is 1.39. The molecule has 0 aliphatic carbocycles. The van der Waals surface area contributed by atoms with Crippen LogP contribution in [0.1, 0.15) is 0 Å². The maximum absolute atomic E-state index is 4.66. The number of nitrogens with two attached hydrogens (primary N) is 2. The van der Waals surface area contributed by atoms with Gasteiger partial charge in [-0.1, -0.05) is 8.64 Å². The van der Waals surface area contributed by atoms with Gasteiger partial charge in [-0.25, -0.2) is 0 Å². The van der Waals surface area contributed by atoms with Gasteiger partial charge in [0.1, 0.15) is 0 Å². The van der Waals surface area contributed by atoms with Crippen LogP contribution < -0.4 is 11.5 Å². The Morgan fingerprint density at radius 2 is 1.00 bits per heavy atom. The molecule has 9 heavy (non-hydrogen) atoms. The lowest BCUT2D eigenvalue weighted by molar-refractivity contribution is 0.686. The maximum Gasteiger partial charge on any atom is 2.00 e. The summed E-state index contributed by atoms with van der Waals surface area (Å²) >= 11 is 16.5. The molecule has 0 unspecified atom stereocenters. The van der Waals surface area contributed by atoms with Gasteiger partial charge in [0.15, 0.2) is 0 Å². The fourth-order valence-electron chi connectivity index (χ4n) is 0. The Balaban J connectivity index is -0.0000000720. The Labute approximate surface area is 75.3 Å². The van der Waals surface area contributed by atoms with Crippen molar-refractivity contribution in [1.29, 1.82) is 0 Å². The van der Waals surface area contributed by atoms with E-state index in [1.54, 1.807) is 0 Å². The first kappa shape index (κ1) is 16.1. The monoisotopic (exact) mass is 200 g/mol. The molecule has 0 fully saturated rings. The number of thiocarbonyl (C=S) groups is 2. The zero-order chi connectivity index (χ0) is 7.15. The van der Waals surface area contributed by atoms with Crippen molar-refractivity contribution in [2.45, 2.75) is 0 Å². The lowest BCUT2D eigenvalue weighted by Gasteiger charge is -1.83. The van der Waals surface area contributed by atoms with Crippen LogP contribution in [0.4, 0.5) is 0 Å². The highest BCUT2D eigenvalue weighted by molar-refractivity contribution is 8.00. The molecule has 0 spiro atoms. The van der Waals surface area contributed by atoms with Crippen molar-refractivity contribution >= 4 is 58.3 Å². The summed E-state index contributed by atoms with van der Waals surface area (Å²) in [5, 5.41) is 0. The first-order chi connectivity index (χ1) is 3.46. The van der Waals surface area contributed by atoms with Crippen molar-refractivity contribution < 1.29 is 5.48 Å². The van der Waals surface area contributed by atoms with Crippen molar-refractivity contribution in [3.05, 3.63) is 0 Å². The number of hydrogen-bond acceptors (Lipinski definition) is 4. The smallest absolute Gasteiger partial charge is 0.415 e. The van der Waals surface area contributed by atoms with Crippen LogP contribution in [0.15, 0.2) is 0 Å². The molecule has 0 rings (SSSR count). The lowest BCUT2D eigenvalue weighted by Crippen LogP contribution is -1.99. The van der Waals surface area contributed by atoms with Gasteiger partial charge in [-0.15, -0.1) is 0 Å². The van der Waals surface area contributed by atoms with Crippen LogP contribution in [0.3, 0.4) is 0 Å². The highest BCUT2D eigenvalue weighted by atomic mass is 32.1. The van der Waals surface area contributed by atoms with E-state index in [2.05, 4.69) is 61.2 Å². The van der Waals surface area contributed by atoms with Crippen LogP contribution in [0.5, 0.6) is 0 Å². The van der Waals surface area contributed by atoms with E-state index in [-0.39, 0.29) is 14.1 Å². The summed E-state index contributed by atoms with van der Waals surface area (Å²) in [6.45, 7) is 0. The molecule has 0 aromatic rings. The van der Waals surface area contributed by atoms with E-state index in [0.717, 1.165) is 0 Å². The molecule has 0 atom stereocenters. The summed E-state index contributed by atoms with van der Waals surface area (Å²) in [6.07, 6.45) is 0. The molecule has 4 N–H and O–H groups in total. The van der Waals surface area contributed by atoms with Gasteiger partial charge in [0.05, 0.1) is 0 Å². The third-order valence-corrected chi connectivity index (χ3v) is 0. The molecule has 0 saturated carbocycles. The SMILES string of the molecule is NC(=S)[S-].NC(=S)[S-].[O+2]. The van der Waals surface area contributed by atoms with Crippen LogP contribution in [0.25, 0.3) is 0 Å². The minimum atomic E-state index is 0. The summed E-state index contributed by atoms with van der Waals surface area (Å²) in [4.78, 5) is 0. The fourth-order valence-corrected chi connectivity index (χ4v) is 0. The molecule has 0 aliphatic heterocycles. The zero-order valence-electron chi connectivity index (χ0n) is 4.20. The number of hydrogen-bond donors (Lipinski definition) is 2. The van der Waals surface area contributed by atoms with E-state index in [9.17, 15) is 0 Å². The molecule has 0 saturated heterocycles. The van der Waals surface area contributed by atoms with E-state index in [4.69, 9.17) is 0 Å². The molecule has 3 nitrogen and oxygen atoms in total. The topological polar surface area (TPSA) is 80.5 Å². The molecule has 0 bridgehead atoms. The minimum absolute atomic E-state index is 0. The molecule has 0 aliphatic rings. The highest BCUT2D eigenvalue weighted by Crippen LogP contribution is 1.45. The second-order valence-corrected chi connectivity index (χ2v) is 2.91. The molecule has 0 heterocycles. The fraction of sp³-hybridized carbons (Fsp3) is 0. The van der Waals surface area contributed by atoms with Crippen LogP contribution in [-0.4, -0.2) is 8.64 Å². The van der Waals surface area contributed by atoms with Gasteiger partial charge < -0.3 is 61.2 Å². The molecular weight excluding hydrogens is 196 g/mol. The predicted octanol–water partition coefficient (Wildman–Crippen LogP) is -0.565. The summed E-state index contributed by atoms with van der Waals surface area (Å²) in [6, 6.07) is 0. The normalized spacial score (nSPS) is 5.33. The third-order valence-electron chi connectivity index (χ3n) is 0. The van der Waals surface area contributed by atoms with Crippen molar-refractivity contribution in [3.8, 4) is 0 Å². The average Bonchev–Trinajstić information content (AvgIpc) is 1.25. The van der Waals surface area contributed by atoms with E-state index in [1.165, 1.54) is 0 Å². The summed E-state index contributed by atoms with van der Waals surface area (Å²) in [5.41, 5.74) is 9.31. The Morgan fingerprint density at radius 3 is 1.00 bits per heavy atom. The van der Waals surface area contributed by atoms with E-state index in [0.29, 0.717) is 0 Å². The molecular formula is C2H4N2OS4. The zero-order valence-corrected chi connectivity index (χ0v) is 7.46. The molecule has 0 aromatic carbocycles. The van der Waals surface area contributed by atoms with E-state index >= 15 is 0 Å². The summed E-state index contributed by atoms with van der Waals surface area (Å²) < 4.78 is 0.167. The van der Waals surface area contributed by atoms with Gasteiger partial charge >= 0.3 is 5.48 Å². The maximum atomic E-state index is 4.66. The summed E-state index contributed by atoms with van der Waals surface area (Å²) in [5.74, 6) is 0. The van der Waals surface area contributed by atoms with Crippen LogP contribution in [0.2, 0.25) is 0 Å². The van der Waals surface area contributed by atoms with Gasteiger partial charge in [0, 0.05) is 0 Å². The second kappa shape index (κ2) is 11.0. The predicted molar refractivity (Wildman–Crippen MR) is 49.0 cm³/mol. The molecule has 0 amide bonds. The van der Waals surface area contributed by atoms with Gasteiger partial charge in [0.25, 0.3) is 0 Å². The van der Waals surface area contributed by atoms with Crippen LogP contribution >= 0.6 is 24.4 Å². The average molecular weight is 200 g/mol. The van der Waals surface area contributed by atoms with Crippen LogP contribution in [0, 0.1) is 0 Å². The van der Waals surface area contributed by atoms with Crippen LogP contribution in [-0.2, 0) is 30.7 Å². The Hall–Kier alpha value is 0.180. The molecule has 0 aromatic heterocycles. The van der Waals surface area contributed by atoms with Crippen molar-refractivity contribution in [2.24, 2.45) is 11.5 Å². The van der Waals surface area contributed by atoms with Gasteiger partial charge in [-0.3, -0.25) is 0 Å². The summed E-state index contributed by atoms with van der Waals surface area (Å²) in [7, 11) is 0. The second-order valence-electron chi connectivity index (χ2n) is 0.638. The largest absolute Gasteiger partial charge is 2.00 e. The van der Waals surface area contributed by atoms with Gasteiger partial charge in [0.2, 0.25) is 0 Å². The van der Waals surface area contributed by atoms with E-state index < -0.39 is 0 Å². The minimum Gasteiger partial charge on any atom is -0.415 e.